The number of nitrogens with zero attached hydrogens (tertiary/aromatic N) is 2. The molecular formula is C14H27ClN4OS. The predicted octanol–water partition coefficient (Wildman–Crippen LogP) is 1.08. The highest BCUT2D eigenvalue weighted by atomic mass is 35.5. The first kappa shape index (κ1) is 18.5. The van der Waals surface area contributed by atoms with E-state index in [1.54, 1.807) is 6.26 Å². The van der Waals surface area contributed by atoms with Crippen molar-refractivity contribution in [1.82, 2.24) is 19.8 Å². The van der Waals surface area contributed by atoms with Crippen LogP contribution in [0, 0.1) is 0 Å². The Hall–Kier alpha value is -0.560. The van der Waals surface area contributed by atoms with E-state index < -0.39 is 11.0 Å². The zero-order valence-electron chi connectivity index (χ0n) is 13.4. The van der Waals surface area contributed by atoms with E-state index in [4.69, 9.17) is 11.6 Å². The Bertz CT molecular complexity index is 412. The highest BCUT2D eigenvalue weighted by Gasteiger charge is 2.18. The van der Waals surface area contributed by atoms with Gasteiger partial charge in [0.1, 0.15) is 11.0 Å². The molecule has 0 aromatic rings. The van der Waals surface area contributed by atoms with Crippen LogP contribution in [0.25, 0.3) is 0 Å². The summed E-state index contributed by atoms with van der Waals surface area (Å²) >= 11 is 6.37. The van der Waals surface area contributed by atoms with Crippen LogP contribution in [-0.4, -0.2) is 66.6 Å². The quantitative estimate of drug-likeness (QED) is 0.684. The van der Waals surface area contributed by atoms with Crippen molar-refractivity contribution in [2.45, 2.75) is 19.4 Å². The summed E-state index contributed by atoms with van der Waals surface area (Å²) in [6.07, 6.45) is 6.45. The van der Waals surface area contributed by atoms with Crippen molar-refractivity contribution in [3.8, 4) is 0 Å². The summed E-state index contributed by atoms with van der Waals surface area (Å²) in [7, 11) is 2.73. The van der Waals surface area contributed by atoms with E-state index in [2.05, 4.69) is 21.9 Å². The van der Waals surface area contributed by atoms with E-state index in [0.29, 0.717) is 6.04 Å². The van der Waals surface area contributed by atoms with Crippen LogP contribution in [0.15, 0.2) is 23.0 Å². The van der Waals surface area contributed by atoms with E-state index in [-0.39, 0.29) is 0 Å². The van der Waals surface area contributed by atoms with E-state index in [0.717, 1.165) is 43.3 Å². The van der Waals surface area contributed by atoms with Gasteiger partial charge in [0.25, 0.3) is 0 Å². The SMILES string of the molecule is CCC1CN(C/C(Cl)=C\C(=C/N(C)C)NS(C)=O)CCN1. The summed E-state index contributed by atoms with van der Waals surface area (Å²) < 4.78 is 14.2. The molecule has 0 amide bonds. The van der Waals surface area contributed by atoms with E-state index in [1.165, 1.54) is 0 Å². The molecule has 122 valence electrons. The van der Waals surface area contributed by atoms with Gasteiger partial charge in [-0.05, 0) is 12.5 Å². The van der Waals surface area contributed by atoms with Gasteiger partial charge < -0.3 is 14.9 Å². The minimum Gasteiger partial charge on any atom is -0.382 e. The number of rotatable bonds is 7. The molecule has 1 saturated heterocycles. The molecule has 1 heterocycles. The Labute approximate surface area is 136 Å². The lowest BCUT2D eigenvalue weighted by atomic mass is 10.1. The Balaban J connectivity index is 2.65. The highest BCUT2D eigenvalue weighted by molar-refractivity contribution is 7.82. The van der Waals surface area contributed by atoms with Gasteiger partial charge >= 0.3 is 0 Å². The zero-order chi connectivity index (χ0) is 15.8. The molecule has 2 atom stereocenters. The molecule has 0 aliphatic carbocycles. The molecule has 1 fully saturated rings. The summed E-state index contributed by atoms with van der Waals surface area (Å²) in [4.78, 5) is 4.24. The first-order valence-corrected chi connectivity index (χ1v) is 9.14. The fraction of sp³-hybridized carbons (Fsp3) is 0.714. The van der Waals surface area contributed by atoms with Crippen LogP contribution >= 0.6 is 11.6 Å². The van der Waals surface area contributed by atoms with Crippen molar-refractivity contribution in [2.75, 3.05) is 46.5 Å². The maximum Gasteiger partial charge on any atom is 0.113 e. The fourth-order valence-corrected chi connectivity index (χ4v) is 3.01. The van der Waals surface area contributed by atoms with Gasteiger partial charge in [0.15, 0.2) is 0 Å². The van der Waals surface area contributed by atoms with Gasteiger partial charge in [0.2, 0.25) is 0 Å². The van der Waals surface area contributed by atoms with E-state index >= 15 is 0 Å². The highest BCUT2D eigenvalue weighted by Crippen LogP contribution is 2.11. The minimum atomic E-state index is -1.11. The Morgan fingerprint density at radius 1 is 1.57 bits per heavy atom. The molecule has 0 aromatic carbocycles. The second-order valence-corrected chi connectivity index (χ2v) is 7.09. The third-order valence-corrected chi connectivity index (χ3v) is 3.93. The molecule has 0 bridgehead atoms. The second-order valence-electron chi connectivity index (χ2n) is 5.49. The first-order valence-electron chi connectivity index (χ1n) is 7.20. The first-order chi connectivity index (χ1) is 9.90. The van der Waals surface area contributed by atoms with Crippen molar-refractivity contribution in [2.24, 2.45) is 0 Å². The smallest absolute Gasteiger partial charge is 0.113 e. The van der Waals surface area contributed by atoms with E-state index in [9.17, 15) is 4.21 Å². The van der Waals surface area contributed by atoms with Gasteiger partial charge in [-0.3, -0.25) is 4.90 Å². The van der Waals surface area contributed by atoms with Crippen molar-refractivity contribution in [1.29, 1.82) is 0 Å². The normalized spacial score (nSPS) is 23.0. The van der Waals surface area contributed by atoms with Crippen LogP contribution in [0.4, 0.5) is 0 Å². The monoisotopic (exact) mass is 334 g/mol. The van der Waals surface area contributed by atoms with Crippen LogP contribution in [0.1, 0.15) is 13.3 Å². The number of piperazine rings is 1. The Morgan fingerprint density at radius 3 is 2.86 bits per heavy atom. The molecule has 2 N–H and O–H groups in total. The largest absolute Gasteiger partial charge is 0.382 e. The van der Waals surface area contributed by atoms with Crippen molar-refractivity contribution in [3.63, 3.8) is 0 Å². The van der Waals surface area contributed by atoms with Gasteiger partial charge in [0.05, 0.1) is 5.70 Å². The fourth-order valence-electron chi connectivity index (χ4n) is 2.28. The maximum atomic E-state index is 11.3. The lowest BCUT2D eigenvalue weighted by Gasteiger charge is -2.33. The maximum absolute atomic E-state index is 11.3. The van der Waals surface area contributed by atoms with Gasteiger partial charge in [-0.2, -0.15) is 0 Å². The lowest BCUT2D eigenvalue weighted by Crippen LogP contribution is -2.50. The van der Waals surface area contributed by atoms with Crippen LogP contribution in [0.3, 0.4) is 0 Å². The van der Waals surface area contributed by atoms with Crippen molar-refractivity contribution < 1.29 is 4.21 Å². The van der Waals surface area contributed by atoms with Gasteiger partial charge in [0, 0.05) is 63.8 Å². The second kappa shape index (κ2) is 9.46. The molecule has 0 spiro atoms. The summed E-state index contributed by atoms with van der Waals surface area (Å²) in [5.74, 6) is 0. The van der Waals surface area contributed by atoms with Crippen LogP contribution in [0.5, 0.6) is 0 Å². The molecule has 1 rings (SSSR count). The van der Waals surface area contributed by atoms with Crippen molar-refractivity contribution >= 4 is 22.6 Å². The van der Waals surface area contributed by atoms with Crippen LogP contribution in [0.2, 0.25) is 0 Å². The Kier molecular flexibility index (Phi) is 8.33. The zero-order valence-corrected chi connectivity index (χ0v) is 14.9. The molecule has 2 unspecified atom stereocenters. The van der Waals surface area contributed by atoms with Gasteiger partial charge in [-0.25, -0.2) is 4.21 Å². The molecule has 0 radical (unpaired) electrons. The van der Waals surface area contributed by atoms with Crippen molar-refractivity contribution in [3.05, 3.63) is 23.0 Å². The molecule has 0 saturated carbocycles. The summed E-state index contributed by atoms with van der Waals surface area (Å²) in [6.45, 7) is 5.93. The third kappa shape index (κ3) is 7.85. The predicted molar refractivity (Wildman–Crippen MR) is 91.4 cm³/mol. The van der Waals surface area contributed by atoms with Crippen LogP contribution in [-0.2, 0) is 11.0 Å². The Morgan fingerprint density at radius 2 is 2.29 bits per heavy atom. The average molecular weight is 335 g/mol. The molecule has 7 heteroatoms. The number of halogens is 1. The van der Waals surface area contributed by atoms with E-state index in [1.807, 2.05) is 31.3 Å². The standard InChI is InChI=1S/C14H27ClN4OS/c1-5-13-11-19(7-6-16-13)9-12(15)8-14(10-18(2)3)17-21(4)20/h8,10,13,16-17H,5-7,9,11H2,1-4H3/b12-8+,14-10+. The summed E-state index contributed by atoms with van der Waals surface area (Å²) in [5, 5.41) is 4.24. The number of allylic oxidation sites excluding steroid dienone is 1. The molecule has 0 aromatic heterocycles. The molecule has 1 aliphatic rings. The van der Waals surface area contributed by atoms with Crippen LogP contribution < -0.4 is 10.0 Å². The lowest BCUT2D eigenvalue weighted by molar-refractivity contribution is 0.214. The summed E-state index contributed by atoms with van der Waals surface area (Å²) in [6, 6.07) is 0.543. The molecule has 1 aliphatic heterocycles. The number of hydrogen-bond acceptors (Lipinski definition) is 4. The molecule has 5 nitrogen and oxygen atoms in total. The number of hydrogen-bond donors (Lipinski definition) is 2. The molecular weight excluding hydrogens is 308 g/mol. The van der Waals surface area contributed by atoms with Gasteiger partial charge in [-0.15, -0.1) is 0 Å². The topological polar surface area (TPSA) is 47.6 Å². The third-order valence-electron chi connectivity index (χ3n) is 3.18. The minimum absolute atomic E-state index is 0.543. The summed E-state index contributed by atoms with van der Waals surface area (Å²) in [5.41, 5.74) is 0.757. The number of nitrogens with one attached hydrogen (secondary N) is 2. The molecule has 21 heavy (non-hydrogen) atoms. The van der Waals surface area contributed by atoms with Gasteiger partial charge in [-0.1, -0.05) is 18.5 Å². The average Bonchev–Trinajstić information content (AvgIpc) is 2.37.